The Balaban J connectivity index is 1.26. The summed E-state index contributed by atoms with van der Waals surface area (Å²) in [5.41, 5.74) is 1.20. The Morgan fingerprint density at radius 3 is 2.62 bits per heavy atom. The van der Waals surface area contributed by atoms with Crippen LogP contribution in [0.2, 0.25) is 0 Å². The average molecular weight is 384 g/mol. The highest BCUT2D eigenvalue weighted by Crippen LogP contribution is 2.44. The molecule has 2 N–H and O–H groups in total. The van der Waals surface area contributed by atoms with Crippen molar-refractivity contribution in [2.45, 2.75) is 74.9 Å². The SMILES string of the molecule is O=C(NC1CCOCC1)c1cc(C2CC2NC2CCC(F)(F)CC2)cs1. The van der Waals surface area contributed by atoms with Crippen molar-refractivity contribution < 1.29 is 18.3 Å². The molecule has 26 heavy (non-hydrogen) atoms. The quantitative estimate of drug-likeness (QED) is 0.814. The highest BCUT2D eigenvalue weighted by atomic mass is 32.1. The summed E-state index contributed by atoms with van der Waals surface area (Å²) in [5, 5.41) is 8.71. The van der Waals surface area contributed by atoms with Gasteiger partial charge in [-0.3, -0.25) is 4.79 Å². The van der Waals surface area contributed by atoms with Gasteiger partial charge >= 0.3 is 0 Å². The fraction of sp³-hybridized carbons (Fsp3) is 0.737. The summed E-state index contributed by atoms with van der Waals surface area (Å²) in [6.07, 6.45) is 3.88. The Morgan fingerprint density at radius 2 is 1.88 bits per heavy atom. The van der Waals surface area contributed by atoms with Gasteiger partial charge in [-0.25, -0.2) is 8.78 Å². The lowest BCUT2D eigenvalue weighted by molar-refractivity contribution is -0.0405. The van der Waals surface area contributed by atoms with E-state index in [1.165, 1.54) is 16.9 Å². The van der Waals surface area contributed by atoms with E-state index in [-0.39, 0.29) is 30.8 Å². The van der Waals surface area contributed by atoms with Gasteiger partial charge in [0.1, 0.15) is 0 Å². The van der Waals surface area contributed by atoms with Crippen LogP contribution in [0.4, 0.5) is 8.78 Å². The molecule has 0 spiro atoms. The monoisotopic (exact) mass is 384 g/mol. The molecule has 144 valence electrons. The molecule has 1 aromatic heterocycles. The maximum Gasteiger partial charge on any atom is 0.261 e. The molecule has 2 unspecified atom stereocenters. The number of hydrogen-bond donors (Lipinski definition) is 2. The zero-order valence-corrected chi connectivity index (χ0v) is 15.6. The molecule has 3 fully saturated rings. The van der Waals surface area contributed by atoms with E-state index in [1.807, 2.05) is 6.07 Å². The van der Waals surface area contributed by atoms with Crippen molar-refractivity contribution in [3.05, 3.63) is 21.9 Å². The Morgan fingerprint density at radius 1 is 1.15 bits per heavy atom. The van der Waals surface area contributed by atoms with Crippen LogP contribution in [0.3, 0.4) is 0 Å². The van der Waals surface area contributed by atoms with Crippen molar-refractivity contribution in [3.8, 4) is 0 Å². The molecular weight excluding hydrogens is 358 g/mol. The van der Waals surface area contributed by atoms with Gasteiger partial charge in [-0.2, -0.15) is 0 Å². The van der Waals surface area contributed by atoms with E-state index in [9.17, 15) is 13.6 Å². The molecule has 2 atom stereocenters. The van der Waals surface area contributed by atoms with E-state index in [0.717, 1.165) is 24.1 Å². The highest BCUT2D eigenvalue weighted by Gasteiger charge is 2.42. The van der Waals surface area contributed by atoms with Crippen molar-refractivity contribution in [1.29, 1.82) is 0 Å². The second-order valence-electron chi connectivity index (χ2n) is 7.85. The third-order valence-electron chi connectivity index (χ3n) is 5.79. The van der Waals surface area contributed by atoms with Gasteiger partial charge in [0.15, 0.2) is 0 Å². The van der Waals surface area contributed by atoms with Crippen molar-refractivity contribution in [2.75, 3.05) is 13.2 Å². The maximum atomic E-state index is 13.2. The number of thiophene rings is 1. The molecule has 2 saturated carbocycles. The summed E-state index contributed by atoms with van der Waals surface area (Å²) in [6.45, 7) is 1.42. The second-order valence-corrected chi connectivity index (χ2v) is 8.76. The number of halogens is 2. The van der Waals surface area contributed by atoms with E-state index in [1.54, 1.807) is 0 Å². The summed E-state index contributed by atoms with van der Waals surface area (Å²) in [5.74, 6) is -2.05. The molecule has 3 aliphatic rings. The standard InChI is InChI=1S/C19H26F2N2O2S/c20-19(21)5-1-13(2-6-19)22-16-10-15(16)12-9-17(26-11-12)18(24)23-14-3-7-25-8-4-14/h9,11,13-16,22H,1-8,10H2,(H,23,24). The molecule has 7 heteroatoms. The first kappa shape index (κ1) is 18.3. The predicted molar refractivity (Wildman–Crippen MR) is 97.1 cm³/mol. The Bertz CT molecular complexity index is 635. The predicted octanol–water partition coefficient (Wildman–Crippen LogP) is 3.68. The van der Waals surface area contributed by atoms with Crippen LogP contribution in [-0.4, -0.2) is 43.2 Å². The summed E-state index contributed by atoms with van der Waals surface area (Å²) < 4.78 is 31.8. The van der Waals surface area contributed by atoms with Crippen molar-refractivity contribution in [2.24, 2.45) is 0 Å². The van der Waals surface area contributed by atoms with Crippen LogP contribution < -0.4 is 10.6 Å². The van der Waals surface area contributed by atoms with Crippen LogP contribution in [0.5, 0.6) is 0 Å². The van der Waals surface area contributed by atoms with Gasteiger partial charge in [-0.1, -0.05) is 0 Å². The van der Waals surface area contributed by atoms with E-state index >= 15 is 0 Å². The Labute approximate surface area is 156 Å². The topological polar surface area (TPSA) is 50.4 Å². The zero-order valence-electron chi connectivity index (χ0n) is 14.8. The molecule has 0 bridgehead atoms. The molecule has 2 heterocycles. The van der Waals surface area contributed by atoms with E-state index in [4.69, 9.17) is 4.74 Å². The van der Waals surface area contributed by atoms with Gasteiger partial charge in [0.05, 0.1) is 4.88 Å². The lowest BCUT2D eigenvalue weighted by atomic mass is 9.92. The minimum Gasteiger partial charge on any atom is -0.381 e. The van der Waals surface area contributed by atoms with Gasteiger partial charge in [0.2, 0.25) is 5.92 Å². The van der Waals surface area contributed by atoms with E-state index in [2.05, 4.69) is 16.0 Å². The van der Waals surface area contributed by atoms with Crippen molar-refractivity contribution in [1.82, 2.24) is 10.6 Å². The number of amides is 1. The molecule has 4 rings (SSSR count). The fourth-order valence-electron chi connectivity index (χ4n) is 4.02. The Kier molecular flexibility index (Phi) is 5.30. The third kappa shape index (κ3) is 4.43. The Hall–Kier alpha value is -1.05. The van der Waals surface area contributed by atoms with Gasteiger partial charge in [0, 0.05) is 50.1 Å². The average Bonchev–Trinajstić information content (AvgIpc) is 3.20. The lowest BCUT2D eigenvalue weighted by Crippen LogP contribution is -2.38. The molecule has 4 nitrogen and oxygen atoms in total. The van der Waals surface area contributed by atoms with Gasteiger partial charge < -0.3 is 15.4 Å². The highest BCUT2D eigenvalue weighted by molar-refractivity contribution is 7.12. The molecule has 1 aliphatic heterocycles. The normalized spacial score (nSPS) is 29.5. The summed E-state index contributed by atoms with van der Waals surface area (Å²) in [7, 11) is 0. The summed E-state index contributed by atoms with van der Waals surface area (Å²) >= 11 is 1.49. The molecule has 1 aromatic rings. The first-order valence-electron chi connectivity index (χ1n) is 9.61. The van der Waals surface area contributed by atoms with Gasteiger partial charge in [-0.15, -0.1) is 11.3 Å². The van der Waals surface area contributed by atoms with Crippen LogP contribution in [-0.2, 0) is 4.74 Å². The van der Waals surface area contributed by atoms with Crippen molar-refractivity contribution in [3.63, 3.8) is 0 Å². The number of ether oxygens (including phenoxy) is 1. The minimum atomic E-state index is -2.47. The van der Waals surface area contributed by atoms with Crippen LogP contribution in [0, 0.1) is 0 Å². The molecular formula is C19H26F2N2O2S. The zero-order chi connectivity index (χ0) is 18.1. The van der Waals surface area contributed by atoms with E-state index in [0.29, 0.717) is 38.0 Å². The van der Waals surface area contributed by atoms with Crippen LogP contribution in [0.15, 0.2) is 11.4 Å². The van der Waals surface area contributed by atoms with Crippen LogP contribution in [0.25, 0.3) is 0 Å². The first-order chi connectivity index (χ1) is 12.5. The largest absolute Gasteiger partial charge is 0.381 e. The maximum absolute atomic E-state index is 13.2. The van der Waals surface area contributed by atoms with Crippen molar-refractivity contribution >= 4 is 17.2 Å². The number of carbonyl (C=O) groups excluding carboxylic acids is 1. The number of alkyl halides is 2. The van der Waals surface area contributed by atoms with E-state index < -0.39 is 5.92 Å². The summed E-state index contributed by atoms with van der Waals surface area (Å²) in [6, 6.07) is 2.79. The molecule has 1 amide bonds. The molecule has 0 aromatic carbocycles. The molecule has 0 radical (unpaired) electrons. The number of rotatable bonds is 5. The van der Waals surface area contributed by atoms with Crippen LogP contribution in [0.1, 0.15) is 66.1 Å². The third-order valence-corrected chi connectivity index (χ3v) is 6.73. The second kappa shape index (κ2) is 7.52. The lowest BCUT2D eigenvalue weighted by Gasteiger charge is -2.29. The fourth-order valence-corrected chi connectivity index (χ4v) is 4.90. The number of nitrogens with one attached hydrogen (secondary N) is 2. The smallest absolute Gasteiger partial charge is 0.261 e. The number of hydrogen-bond acceptors (Lipinski definition) is 4. The first-order valence-corrected chi connectivity index (χ1v) is 10.5. The van der Waals surface area contributed by atoms with Crippen LogP contribution >= 0.6 is 11.3 Å². The summed E-state index contributed by atoms with van der Waals surface area (Å²) in [4.78, 5) is 13.2. The number of carbonyl (C=O) groups is 1. The van der Waals surface area contributed by atoms with Gasteiger partial charge in [-0.05, 0) is 49.1 Å². The molecule has 1 saturated heterocycles. The molecule has 2 aliphatic carbocycles. The minimum absolute atomic E-state index is 0.00295. The van der Waals surface area contributed by atoms with Gasteiger partial charge in [0.25, 0.3) is 5.91 Å².